The van der Waals surface area contributed by atoms with Gasteiger partial charge in [0.05, 0.1) is 11.8 Å². The molecule has 1 aliphatic heterocycles. The van der Waals surface area contributed by atoms with Crippen molar-refractivity contribution in [2.75, 3.05) is 24.6 Å². The Kier molecular flexibility index (Phi) is 4.33. The van der Waals surface area contributed by atoms with E-state index in [2.05, 4.69) is 21.2 Å². The van der Waals surface area contributed by atoms with Crippen LogP contribution in [-0.2, 0) is 4.74 Å². The molecule has 1 aromatic heterocycles. The van der Waals surface area contributed by atoms with Gasteiger partial charge in [0.25, 0.3) is 0 Å². The van der Waals surface area contributed by atoms with Crippen molar-refractivity contribution >= 4 is 5.82 Å². The second-order valence-corrected chi connectivity index (χ2v) is 4.89. The van der Waals surface area contributed by atoms with Gasteiger partial charge in [-0.15, -0.1) is 5.10 Å². The molecule has 1 fully saturated rings. The number of nitriles is 1. The molecule has 0 unspecified atom stereocenters. The van der Waals surface area contributed by atoms with Crippen molar-refractivity contribution in [3.05, 3.63) is 16.8 Å². The molecule has 2 rings (SSSR count). The van der Waals surface area contributed by atoms with E-state index in [0.717, 1.165) is 43.8 Å². The summed E-state index contributed by atoms with van der Waals surface area (Å²) in [7, 11) is 0. The lowest BCUT2D eigenvalue weighted by molar-refractivity contribution is 0.0524. The van der Waals surface area contributed by atoms with Gasteiger partial charge in [0, 0.05) is 19.7 Å². The first-order chi connectivity index (χ1) is 9.17. The van der Waals surface area contributed by atoms with Gasteiger partial charge in [-0.2, -0.15) is 10.4 Å². The highest BCUT2D eigenvalue weighted by molar-refractivity contribution is 5.57. The molecule has 102 valence electrons. The number of hydrogen-bond acceptors (Lipinski definition) is 5. The van der Waals surface area contributed by atoms with E-state index in [1.165, 1.54) is 0 Å². The van der Waals surface area contributed by atoms with Crippen molar-refractivity contribution in [2.45, 2.75) is 39.7 Å². The first kappa shape index (κ1) is 13.8. The molecule has 0 spiro atoms. The van der Waals surface area contributed by atoms with Crippen LogP contribution in [0.5, 0.6) is 0 Å². The van der Waals surface area contributed by atoms with Gasteiger partial charge >= 0.3 is 0 Å². The Morgan fingerprint density at radius 2 is 2.21 bits per heavy atom. The molecule has 0 amide bonds. The maximum Gasteiger partial charge on any atom is 0.169 e. The summed E-state index contributed by atoms with van der Waals surface area (Å²) in [5, 5.41) is 17.7. The molecule has 5 heteroatoms. The molecule has 5 nitrogen and oxygen atoms in total. The second kappa shape index (κ2) is 5.98. The number of anilines is 1. The molecule has 2 heterocycles. The zero-order valence-electron chi connectivity index (χ0n) is 11.8. The van der Waals surface area contributed by atoms with E-state index in [-0.39, 0.29) is 6.10 Å². The normalized spacial score (nSPS) is 19.3. The minimum atomic E-state index is 0.230. The van der Waals surface area contributed by atoms with E-state index in [1.54, 1.807) is 0 Å². The summed E-state index contributed by atoms with van der Waals surface area (Å²) in [6.45, 7) is 8.25. The van der Waals surface area contributed by atoms with Gasteiger partial charge in [0.2, 0.25) is 0 Å². The average molecular weight is 260 g/mol. The van der Waals surface area contributed by atoms with Gasteiger partial charge in [-0.3, -0.25) is 0 Å². The molecule has 1 aromatic rings. The number of piperidine rings is 1. The van der Waals surface area contributed by atoms with Gasteiger partial charge in [0.1, 0.15) is 11.6 Å². The Labute approximate surface area is 114 Å². The van der Waals surface area contributed by atoms with Crippen LogP contribution in [0.25, 0.3) is 0 Å². The summed E-state index contributed by atoms with van der Waals surface area (Å²) >= 11 is 0. The summed E-state index contributed by atoms with van der Waals surface area (Å²) in [5.41, 5.74) is 2.38. The summed E-state index contributed by atoms with van der Waals surface area (Å²) in [5.74, 6) is 0.704. The summed E-state index contributed by atoms with van der Waals surface area (Å²) in [6, 6.07) is 2.26. The molecular formula is C14H20N4O. The second-order valence-electron chi connectivity index (χ2n) is 4.89. The van der Waals surface area contributed by atoms with E-state index >= 15 is 0 Å². The van der Waals surface area contributed by atoms with E-state index < -0.39 is 0 Å². The van der Waals surface area contributed by atoms with Crippen LogP contribution in [0.3, 0.4) is 0 Å². The van der Waals surface area contributed by atoms with Crippen LogP contribution in [0, 0.1) is 25.2 Å². The SMILES string of the molecule is CCO[C@H]1CCCN(c2nnc(C)c(C)c2C#N)C1. The topological polar surface area (TPSA) is 62.0 Å². The van der Waals surface area contributed by atoms with Crippen molar-refractivity contribution in [3.8, 4) is 6.07 Å². The van der Waals surface area contributed by atoms with Crippen LogP contribution in [0.15, 0.2) is 0 Å². The molecule has 19 heavy (non-hydrogen) atoms. The fourth-order valence-electron chi connectivity index (χ4n) is 2.45. The highest BCUT2D eigenvalue weighted by Crippen LogP contribution is 2.25. The third-order valence-corrected chi connectivity index (χ3v) is 3.63. The highest BCUT2D eigenvalue weighted by Gasteiger charge is 2.24. The largest absolute Gasteiger partial charge is 0.377 e. The Balaban J connectivity index is 2.27. The number of aryl methyl sites for hydroxylation is 1. The molecule has 0 N–H and O–H groups in total. The van der Waals surface area contributed by atoms with Crippen LogP contribution < -0.4 is 4.90 Å². The van der Waals surface area contributed by atoms with Crippen LogP contribution in [0.1, 0.15) is 36.6 Å². The number of aromatic nitrogens is 2. The van der Waals surface area contributed by atoms with E-state index in [4.69, 9.17) is 4.74 Å². The summed E-state index contributed by atoms with van der Waals surface area (Å²) in [4.78, 5) is 2.13. The van der Waals surface area contributed by atoms with E-state index in [0.29, 0.717) is 11.4 Å². The quantitative estimate of drug-likeness (QED) is 0.831. The highest BCUT2D eigenvalue weighted by atomic mass is 16.5. The molecule has 1 aliphatic rings. The van der Waals surface area contributed by atoms with Crippen molar-refractivity contribution in [1.29, 1.82) is 5.26 Å². The number of rotatable bonds is 3. The van der Waals surface area contributed by atoms with Crippen molar-refractivity contribution in [3.63, 3.8) is 0 Å². The molecule has 1 atom stereocenters. The summed E-state index contributed by atoms with van der Waals surface area (Å²) in [6.07, 6.45) is 2.36. The lowest BCUT2D eigenvalue weighted by atomic mass is 10.1. The molecular weight excluding hydrogens is 240 g/mol. The van der Waals surface area contributed by atoms with Gasteiger partial charge in [-0.05, 0) is 39.2 Å². The van der Waals surface area contributed by atoms with Gasteiger partial charge in [0.15, 0.2) is 5.82 Å². The van der Waals surface area contributed by atoms with Crippen LogP contribution in [-0.4, -0.2) is 36.0 Å². The average Bonchev–Trinajstić information content (AvgIpc) is 2.42. The van der Waals surface area contributed by atoms with Crippen LogP contribution >= 0.6 is 0 Å². The molecule has 0 saturated carbocycles. The number of nitrogens with zero attached hydrogens (tertiary/aromatic N) is 4. The van der Waals surface area contributed by atoms with E-state index in [9.17, 15) is 5.26 Å². The fraction of sp³-hybridized carbons (Fsp3) is 0.643. The van der Waals surface area contributed by atoms with Crippen molar-refractivity contribution in [1.82, 2.24) is 10.2 Å². The lowest BCUT2D eigenvalue weighted by Crippen LogP contribution is -2.40. The maximum atomic E-state index is 9.35. The van der Waals surface area contributed by atoms with Crippen molar-refractivity contribution in [2.24, 2.45) is 0 Å². The minimum absolute atomic E-state index is 0.230. The predicted molar refractivity (Wildman–Crippen MR) is 73.1 cm³/mol. The van der Waals surface area contributed by atoms with Gasteiger partial charge in [-0.1, -0.05) is 0 Å². The monoisotopic (exact) mass is 260 g/mol. The van der Waals surface area contributed by atoms with Gasteiger partial charge in [-0.25, -0.2) is 0 Å². The Morgan fingerprint density at radius 1 is 1.42 bits per heavy atom. The van der Waals surface area contributed by atoms with E-state index in [1.807, 2.05) is 20.8 Å². The molecule has 0 aromatic carbocycles. The number of hydrogen-bond donors (Lipinski definition) is 0. The number of ether oxygens (including phenoxy) is 1. The van der Waals surface area contributed by atoms with Crippen LogP contribution in [0.2, 0.25) is 0 Å². The maximum absolute atomic E-state index is 9.35. The van der Waals surface area contributed by atoms with Crippen LogP contribution in [0.4, 0.5) is 5.82 Å². The zero-order chi connectivity index (χ0) is 13.8. The smallest absolute Gasteiger partial charge is 0.169 e. The fourth-order valence-corrected chi connectivity index (χ4v) is 2.45. The molecule has 0 bridgehead atoms. The predicted octanol–water partition coefficient (Wildman–Crippen LogP) is 1.97. The molecule has 0 radical (unpaired) electrons. The third-order valence-electron chi connectivity index (χ3n) is 3.63. The first-order valence-electron chi connectivity index (χ1n) is 6.77. The lowest BCUT2D eigenvalue weighted by Gasteiger charge is -2.33. The van der Waals surface area contributed by atoms with Gasteiger partial charge < -0.3 is 9.64 Å². The minimum Gasteiger partial charge on any atom is -0.377 e. The van der Waals surface area contributed by atoms with Crippen molar-refractivity contribution < 1.29 is 4.74 Å². The Bertz CT molecular complexity index is 493. The molecule has 0 aliphatic carbocycles. The summed E-state index contributed by atoms with van der Waals surface area (Å²) < 4.78 is 5.69. The zero-order valence-corrected chi connectivity index (χ0v) is 11.8. The Hall–Kier alpha value is -1.67. The standard InChI is InChI=1S/C14H20N4O/c1-4-19-12-6-5-7-18(9-12)14-13(8-15)10(2)11(3)16-17-14/h12H,4-7,9H2,1-3H3/t12-/m0/s1. The third kappa shape index (κ3) is 2.85. The molecule has 1 saturated heterocycles. The Morgan fingerprint density at radius 3 is 2.89 bits per heavy atom. The first-order valence-corrected chi connectivity index (χ1v) is 6.77.